The smallest absolute Gasteiger partial charge is 0.335 e. The number of aromatic nitrogens is 1. The lowest BCUT2D eigenvalue weighted by atomic mass is 10.1. The summed E-state index contributed by atoms with van der Waals surface area (Å²) >= 11 is 0. The highest BCUT2D eigenvalue weighted by Gasteiger charge is 2.43. The van der Waals surface area contributed by atoms with Crippen LogP contribution in [0.1, 0.15) is 29.0 Å². The van der Waals surface area contributed by atoms with Crippen LogP contribution >= 0.6 is 0 Å². The first kappa shape index (κ1) is 17.3. The van der Waals surface area contributed by atoms with E-state index in [4.69, 9.17) is 14.2 Å². The number of rotatable bonds is 7. The van der Waals surface area contributed by atoms with Gasteiger partial charge in [-0.05, 0) is 18.6 Å². The Balaban J connectivity index is 2.49. The molecule has 0 N–H and O–H groups in total. The minimum atomic E-state index is -1.98. The van der Waals surface area contributed by atoms with Crippen LogP contribution in [0.3, 0.4) is 0 Å². The molecule has 1 heterocycles. The molecule has 0 saturated carbocycles. The monoisotopic (exact) mass is 321 g/mol. The van der Waals surface area contributed by atoms with Crippen molar-refractivity contribution in [3.05, 3.63) is 59.7 Å². The van der Waals surface area contributed by atoms with Gasteiger partial charge in [-0.15, -0.1) is 0 Å². The summed E-state index contributed by atoms with van der Waals surface area (Å²) in [6.45, 7) is 1.87. The summed E-state index contributed by atoms with van der Waals surface area (Å²) in [4.78, 5) is 12.8. The summed E-state index contributed by atoms with van der Waals surface area (Å²) in [6.07, 6.45) is 1.52. The summed E-state index contributed by atoms with van der Waals surface area (Å²) in [5.41, 5.74) is 0.780. The predicted octanol–water partition coefficient (Wildman–Crippen LogP) is 3.01. The van der Waals surface area contributed by atoms with Gasteiger partial charge in [-0.25, -0.2) is 4.39 Å². The number of nitrogens with zero attached hydrogens (tertiary/aromatic N) is 1. The Labute approximate surface area is 134 Å². The van der Waals surface area contributed by atoms with Gasteiger partial charge in [-0.1, -0.05) is 30.3 Å². The van der Waals surface area contributed by atoms with Crippen LogP contribution in [-0.4, -0.2) is 37.7 Å². The van der Waals surface area contributed by atoms with Crippen LogP contribution in [0.2, 0.25) is 0 Å². The van der Waals surface area contributed by atoms with Gasteiger partial charge >= 0.3 is 5.97 Å². The highest BCUT2D eigenvalue weighted by atomic mass is 19.1. The largest absolute Gasteiger partial charge is 0.352 e. The average molecular weight is 321 g/mol. The second-order valence-corrected chi connectivity index (χ2v) is 5.00. The van der Waals surface area contributed by atoms with Crippen molar-refractivity contribution in [2.75, 3.05) is 21.3 Å². The number of ether oxygens (including phenoxy) is 3. The Bertz CT molecular complexity index is 656. The molecule has 1 atom stereocenters. The molecule has 0 aliphatic carbocycles. The third-order valence-corrected chi connectivity index (χ3v) is 3.86. The molecule has 0 aliphatic rings. The molecule has 0 saturated heterocycles. The predicted molar refractivity (Wildman–Crippen MR) is 82.7 cm³/mol. The van der Waals surface area contributed by atoms with Crippen LogP contribution in [0.4, 0.5) is 4.39 Å². The van der Waals surface area contributed by atoms with E-state index in [9.17, 15) is 9.18 Å². The molecule has 0 bridgehead atoms. The molecule has 0 unspecified atom stereocenters. The van der Waals surface area contributed by atoms with Crippen molar-refractivity contribution in [2.24, 2.45) is 0 Å². The van der Waals surface area contributed by atoms with Gasteiger partial charge in [-0.2, -0.15) is 0 Å². The number of methoxy groups -OCH3 is 3. The minimum Gasteiger partial charge on any atom is -0.335 e. The molecular weight excluding hydrogens is 301 g/mol. The van der Waals surface area contributed by atoms with Crippen molar-refractivity contribution in [1.82, 2.24) is 4.57 Å². The molecule has 1 aromatic carbocycles. The summed E-state index contributed by atoms with van der Waals surface area (Å²) in [5.74, 6) is -3.38. The van der Waals surface area contributed by atoms with E-state index in [1.807, 2.05) is 37.3 Å². The second kappa shape index (κ2) is 7.04. The SMILES string of the molecule is COC(OC)(OC)C(=O)c1c(F)ccn1[C@H](C)c1ccccc1. The van der Waals surface area contributed by atoms with Crippen molar-refractivity contribution in [2.45, 2.75) is 18.9 Å². The van der Waals surface area contributed by atoms with Crippen LogP contribution < -0.4 is 0 Å². The van der Waals surface area contributed by atoms with Crippen LogP contribution in [0.25, 0.3) is 0 Å². The fourth-order valence-electron chi connectivity index (χ4n) is 2.54. The Morgan fingerprint density at radius 1 is 1.09 bits per heavy atom. The molecule has 5 nitrogen and oxygen atoms in total. The fraction of sp³-hybridized carbons (Fsp3) is 0.353. The molecule has 0 aliphatic heterocycles. The Kier molecular flexibility index (Phi) is 5.30. The Morgan fingerprint density at radius 2 is 1.65 bits per heavy atom. The van der Waals surface area contributed by atoms with E-state index in [-0.39, 0.29) is 11.7 Å². The standard InChI is InChI=1S/C17H20FNO4/c1-12(13-8-6-5-7-9-13)19-11-10-14(18)15(19)16(20)17(21-2,22-3)23-4/h5-12H,1-4H3/t12-/m1/s1. The molecule has 6 heteroatoms. The molecule has 0 spiro atoms. The summed E-state index contributed by atoms with van der Waals surface area (Å²) in [6, 6.07) is 10.5. The number of halogens is 1. The van der Waals surface area contributed by atoms with Gasteiger partial charge in [0, 0.05) is 27.5 Å². The molecule has 1 aromatic heterocycles. The fourth-order valence-corrected chi connectivity index (χ4v) is 2.54. The maximum absolute atomic E-state index is 14.3. The number of hydrogen-bond acceptors (Lipinski definition) is 4. The molecule has 0 fully saturated rings. The van der Waals surface area contributed by atoms with E-state index in [1.54, 1.807) is 4.57 Å². The lowest BCUT2D eigenvalue weighted by Gasteiger charge is -2.28. The molecule has 23 heavy (non-hydrogen) atoms. The lowest BCUT2D eigenvalue weighted by molar-refractivity contribution is -0.312. The zero-order chi connectivity index (χ0) is 17.0. The Morgan fingerprint density at radius 3 is 2.17 bits per heavy atom. The molecule has 0 radical (unpaired) electrons. The van der Waals surface area contributed by atoms with Gasteiger partial charge in [0.1, 0.15) is 5.69 Å². The van der Waals surface area contributed by atoms with Gasteiger partial charge in [0.05, 0.1) is 6.04 Å². The first-order valence-corrected chi connectivity index (χ1v) is 7.12. The van der Waals surface area contributed by atoms with E-state index < -0.39 is 17.6 Å². The number of hydrogen-bond donors (Lipinski definition) is 0. The third-order valence-electron chi connectivity index (χ3n) is 3.86. The summed E-state index contributed by atoms with van der Waals surface area (Å²) in [7, 11) is 3.78. The van der Waals surface area contributed by atoms with Crippen LogP contribution in [-0.2, 0) is 14.2 Å². The van der Waals surface area contributed by atoms with Crippen molar-refractivity contribution in [3.63, 3.8) is 0 Å². The number of carbonyl (C=O) groups excluding carboxylic acids is 1. The number of carbonyl (C=O) groups is 1. The van der Waals surface area contributed by atoms with Crippen molar-refractivity contribution < 1.29 is 23.4 Å². The van der Waals surface area contributed by atoms with Crippen LogP contribution in [0.5, 0.6) is 0 Å². The second-order valence-electron chi connectivity index (χ2n) is 5.00. The van der Waals surface area contributed by atoms with E-state index in [1.165, 1.54) is 33.6 Å². The van der Waals surface area contributed by atoms with Gasteiger partial charge in [0.25, 0.3) is 5.78 Å². The minimum absolute atomic E-state index is 0.160. The molecule has 2 aromatic rings. The molecule has 2 rings (SSSR count). The van der Waals surface area contributed by atoms with Crippen LogP contribution in [0, 0.1) is 5.82 Å². The maximum atomic E-state index is 14.3. The number of Topliss-reactive ketones (excluding diaryl/α,β-unsaturated/α-hetero) is 1. The van der Waals surface area contributed by atoms with E-state index in [2.05, 4.69) is 0 Å². The topological polar surface area (TPSA) is 49.7 Å². The normalized spacial score (nSPS) is 13.1. The molecular formula is C17H20FNO4. The highest BCUT2D eigenvalue weighted by Crippen LogP contribution is 2.27. The average Bonchev–Trinajstić information content (AvgIpc) is 2.98. The van der Waals surface area contributed by atoms with Crippen molar-refractivity contribution in [3.8, 4) is 0 Å². The van der Waals surface area contributed by atoms with Crippen LogP contribution in [0.15, 0.2) is 42.6 Å². The molecule has 124 valence electrons. The highest BCUT2D eigenvalue weighted by molar-refractivity contribution is 5.99. The summed E-state index contributed by atoms with van der Waals surface area (Å²) in [5, 5.41) is 0. The van der Waals surface area contributed by atoms with Gasteiger partial charge < -0.3 is 18.8 Å². The summed E-state index contributed by atoms with van der Waals surface area (Å²) < 4.78 is 30.9. The van der Waals surface area contributed by atoms with E-state index in [0.29, 0.717) is 0 Å². The maximum Gasteiger partial charge on any atom is 0.352 e. The zero-order valence-corrected chi connectivity index (χ0v) is 13.6. The first-order chi connectivity index (χ1) is 11.0. The zero-order valence-electron chi connectivity index (χ0n) is 13.6. The number of ketones is 1. The van der Waals surface area contributed by atoms with Crippen molar-refractivity contribution in [1.29, 1.82) is 0 Å². The van der Waals surface area contributed by atoms with Gasteiger partial charge in [0.15, 0.2) is 5.82 Å². The molecule has 0 amide bonds. The first-order valence-electron chi connectivity index (χ1n) is 7.12. The van der Waals surface area contributed by atoms with Gasteiger partial charge in [-0.3, -0.25) is 4.79 Å². The van der Waals surface area contributed by atoms with Gasteiger partial charge in [0.2, 0.25) is 0 Å². The Hall–Kier alpha value is -2.02. The van der Waals surface area contributed by atoms with Crippen molar-refractivity contribution >= 4 is 5.78 Å². The van der Waals surface area contributed by atoms with E-state index in [0.717, 1.165) is 5.56 Å². The third kappa shape index (κ3) is 3.06. The lowest BCUT2D eigenvalue weighted by Crippen LogP contribution is -2.46. The number of benzene rings is 1. The van der Waals surface area contributed by atoms with E-state index >= 15 is 0 Å². The quantitative estimate of drug-likeness (QED) is 0.581.